The van der Waals surface area contributed by atoms with Crippen molar-refractivity contribution in [2.45, 2.75) is 24.7 Å². The van der Waals surface area contributed by atoms with Crippen molar-refractivity contribution in [2.75, 3.05) is 25.4 Å². The van der Waals surface area contributed by atoms with Crippen LogP contribution in [0.4, 0.5) is 4.39 Å². The van der Waals surface area contributed by atoms with E-state index in [1.807, 2.05) is 0 Å². The maximum atomic E-state index is 12.8. The minimum Gasteiger partial charge on any atom is -0.466 e. The molecule has 1 aromatic carbocycles. The number of halogens is 1. The number of thioether (sulfide) groups is 1. The summed E-state index contributed by atoms with van der Waals surface area (Å²) in [6, 6.07) is 6.07. The molecule has 2 rings (SSSR count). The second kappa shape index (κ2) is 8.17. The van der Waals surface area contributed by atoms with Crippen molar-refractivity contribution >= 4 is 23.6 Å². The zero-order valence-corrected chi connectivity index (χ0v) is 13.4. The summed E-state index contributed by atoms with van der Waals surface area (Å²) in [5.41, 5.74) is 0. The topological polar surface area (TPSA) is 46.6 Å². The Kier molecular flexibility index (Phi) is 6.24. The average molecular weight is 325 g/mol. The van der Waals surface area contributed by atoms with Crippen molar-refractivity contribution < 1.29 is 18.7 Å². The number of nitrogens with zero attached hydrogens (tertiary/aromatic N) is 1. The van der Waals surface area contributed by atoms with Crippen LogP contribution < -0.4 is 0 Å². The number of likely N-dealkylation sites (tertiary alicyclic amines) is 1. The lowest BCUT2D eigenvalue weighted by Gasteiger charge is -2.31. The van der Waals surface area contributed by atoms with E-state index in [2.05, 4.69) is 0 Å². The zero-order valence-electron chi connectivity index (χ0n) is 12.6. The molecule has 4 nitrogen and oxygen atoms in total. The Hall–Kier alpha value is -1.56. The average Bonchev–Trinajstić information content (AvgIpc) is 2.54. The van der Waals surface area contributed by atoms with E-state index in [4.69, 9.17) is 4.74 Å². The first kappa shape index (κ1) is 16.8. The maximum Gasteiger partial charge on any atom is 0.310 e. The van der Waals surface area contributed by atoms with Crippen LogP contribution in [0.5, 0.6) is 0 Å². The number of piperidine rings is 1. The molecule has 0 aromatic heterocycles. The van der Waals surface area contributed by atoms with Crippen LogP contribution in [0.25, 0.3) is 0 Å². The molecule has 1 aromatic rings. The molecule has 1 aliphatic rings. The van der Waals surface area contributed by atoms with Gasteiger partial charge in [0.1, 0.15) is 5.82 Å². The number of benzene rings is 1. The van der Waals surface area contributed by atoms with Crippen molar-refractivity contribution in [2.24, 2.45) is 5.92 Å². The van der Waals surface area contributed by atoms with Crippen LogP contribution in [0.15, 0.2) is 29.2 Å². The first-order chi connectivity index (χ1) is 10.6. The highest BCUT2D eigenvalue weighted by Gasteiger charge is 2.29. The van der Waals surface area contributed by atoms with E-state index in [1.54, 1.807) is 24.0 Å². The van der Waals surface area contributed by atoms with Gasteiger partial charge >= 0.3 is 5.97 Å². The first-order valence-corrected chi connectivity index (χ1v) is 8.41. The number of hydrogen-bond acceptors (Lipinski definition) is 4. The lowest BCUT2D eigenvalue weighted by Crippen LogP contribution is -2.43. The van der Waals surface area contributed by atoms with Gasteiger partial charge in [-0.3, -0.25) is 9.59 Å². The van der Waals surface area contributed by atoms with Crippen molar-refractivity contribution in [1.29, 1.82) is 0 Å². The van der Waals surface area contributed by atoms with Crippen LogP contribution in [0.1, 0.15) is 19.8 Å². The number of amides is 1. The maximum absolute atomic E-state index is 12.8. The van der Waals surface area contributed by atoms with E-state index in [-0.39, 0.29) is 23.6 Å². The third-order valence-corrected chi connectivity index (χ3v) is 4.57. The van der Waals surface area contributed by atoms with Crippen LogP contribution >= 0.6 is 11.8 Å². The van der Waals surface area contributed by atoms with Gasteiger partial charge in [0.2, 0.25) is 5.91 Å². The van der Waals surface area contributed by atoms with Crippen LogP contribution in [0.2, 0.25) is 0 Å². The number of carbonyl (C=O) groups excluding carboxylic acids is 2. The van der Waals surface area contributed by atoms with Crippen LogP contribution in [0, 0.1) is 11.7 Å². The fourth-order valence-corrected chi connectivity index (χ4v) is 3.22. The van der Waals surface area contributed by atoms with Gasteiger partial charge in [-0.05, 0) is 44.0 Å². The SMILES string of the molecule is CCOC(=O)[C@@H]1CCCN(C(=O)CSc2ccc(F)cc2)C1. The van der Waals surface area contributed by atoms with Gasteiger partial charge in [0.25, 0.3) is 0 Å². The van der Waals surface area contributed by atoms with Gasteiger partial charge in [-0.15, -0.1) is 11.8 Å². The number of hydrogen-bond donors (Lipinski definition) is 0. The molecule has 22 heavy (non-hydrogen) atoms. The Labute approximate surface area is 134 Å². The van der Waals surface area contributed by atoms with E-state index in [0.717, 1.165) is 17.7 Å². The minimum absolute atomic E-state index is 0.00308. The summed E-state index contributed by atoms with van der Waals surface area (Å²) >= 11 is 1.38. The molecule has 0 aliphatic carbocycles. The Balaban J connectivity index is 1.83. The van der Waals surface area contributed by atoms with E-state index >= 15 is 0 Å². The van der Waals surface area contributed by atoms with Crippen LogP contribution in [-0.4, -0.2) is 42.2 Å². The molecule has 0 unspecified atom stereocenters. The fraction of sp³-hybridized carbons (Fsp3) is 0.500. The Morgan fingerprint density at radius 2 is 2.09 bits per heavy atom. The van der Waals surface area contributed by atoms with Gasteiger partial charge in [0.05, 0.1) is 18.3 Å². The predicted octanol–water partition coefficient (Wildman–Crippen LogP) is 2.72. The second-order valence-electron chi connectivity index (χ2n) is 5.17. The van der Waals surface area contributed by atoms with Gasteiger partial charge in [-0.25, -0.2) is 4.39 Å². The summed E-state index contributed by atoms with van der Waals surface area (Å²) in [4.78, 5) is 26.6. The minimum atomic E-state index is -0.288. The molecule has 1 saturated heterocycles. The molecule has 1 fully saturated rings. The molecule has 6 heteroatoms. The molecule has 1 heterocycles. The number of esters is 1. The van der Waals surface area contributed by atoms with Gasteiger partial charge in [-0.1, -0.05) is 0 Å². The summed E-state index contributed by atoms with van der Waals surface area (Å²) in [6.45, 7) is 3.26. The first-order valence-electron chi connectivity index (χ1n) is 7.43. The number of ether oxygens (including phenoxy) is 1. The molecule has 0 saturated carbocycles. The van der Waals surface area contributed by atoms with Gasteiger partial charge in [0.15, 0.2) is 0 Å². The highest BCUT2D eigenvalue weighted by molar-refractivity contribution is 8.00. The van der Waals surface area contributed by atoms with E-state index < -0.39 is 0 Å². The van der Waals surface area contributed by atoms with Gasteiger partial charge in [0, 0.05) is 18.0 Å². The Morgan fingerprint density at radius 3 is 2.77 bits per heavy atom. The molecule has 1 aliphatic heterocycles. The van der Waals surface area contributed by atoms with Crippen molar-refractivity contribution in [1.82, 2.24) is 4.90 Å². The second-order valence-corrected chi connectivity index (χ2v) is 6.22. The third kappa shape index (κ3) is 4.73. The van der Waals surface area contributed by atoms with Crippen LogP contribution in [0.3, 0.4) is 0 Å². The highest BCUT2D eigenvalue weighted by atomic mass is 32.2. The normalized spacial score (nSPS) is 18.1. The van der Waals surface area contributed by atoms with E-state index in [1.165, 1.54) is 23.9 Å². The molecule has 0 N–H and O–H groups in total. The molecule has 1 amide bonds. The fourth-order valence-electron chi connectivity index (χ4n) is 2.42. The van der Waals surface area contributed by atoms with E-state index in [9.17, 15) is 14.0 Å². The summed E-state index contributed by atoms with van der Waals surface area (Å²) in [7, 11) is 0. The lowest BCUT2D eigenvalue weighted by atomic mass is 9.98. The third-order valence-electron chi connectivity index (χ3n) is 3.57. The zero-order chi connectivity index (χ0) is 15.9. The summed E-state index contributed by atoms with van der Waals surface area (Å²) in [6.07, 6.45) is 1.59. The van der Waals surface area contributed by atoms with Crippen LogP contribution in [-0.2, 0) is 14.3 Å². The van der Waals surface area contributed by atoms with Crippen molar-refractivity contribution in [3.8, 4) is 0 Å². The standard InChI is InChI=1S/C16H20FNO3S/c1-2-21-16(20)12-4-3-9-18(10-12)15(19)11-22-14-7-5-13(17)6-8-14/h5-8,12H,2-4,9-11H2,1H3/t12-/m1/s1. The Bertz CT molecular complexity index is 521. The quantitative estimate of drug-likeness (QED) is 0.617. The molecule has 0 radical (unpaired) electrons. The van der Waals surface area contributed by atoms with E-state index in [0.29, 0.717) is 25.4 Å². The number of rotatable bonds is 5. The molecular weight excluding hydrogens is 305 g/mol. The number of carbonyl (C=O) groups is 2. The highest BCUT2D eigenvalue weighted by Crippen LogP contribution is 2.22. The Morgan fingerprint density at radius 1 is 1.36 bits per heavy atom. The van der Waals surface area contributed by atoms with Crippen molar-refractivity contribution in [3.05, 3.63) is 30.1 Å². The molecule has 0 bridgehead atoms. The van der Waals surface area contributed by atoms with Gasteiger partial charge < -0.3 is 9.64 Å². The molecule has 120 valence electrons. The summed E-state index contributed by atoms with van der Waals surface area (Å²) in [5, 5.41) is 0. The molecule has 0 spiro atoms. The predicted molar refractivity (Wildman–Crippen MR) is 83.1 cm³/mol. The van der Waals surface area contributed by atoms with Crippen molar-refractivity contribution in [3.63, 3.8) is 0 Å². The summed E-state index contributed by atoms with van der Waals surface area (Å²) < 4.78 is 17.9. The molecule has 1 atom stereocenters. The smallest absolute Gasteiger partial charge is 0.310 e. The lowest BCUT2D eigenvalue weighted by molar-refractivity contribution is -0.151. The van der Waals surface area contributed by atoms with Gasteiger partial charge in [-0.2, -0.15) is 0 Å². The largest absolute Gasteiger partial charge is 0.466 e. The monoisotopic (exact) mass is 325 g/mol. The molecular formula is C16H20FNO3S. The summed E-state index contributed by atoms with van der Waals surface area (Å²) in [5.74, 6) is -0.423.